The van der Waals surface area contributed by atoms with Crippen LogP contribution in [0.4, 0.5) is 5.13 Å². The number of imidazole rings is 1. The summed E-state index contributed by atoms with van der Waals surface area (Å²) in [6.45, 7) is 3.64. The van der Waals surface area contributed by atoms with E-state index in [1.807, 2.05) is 71.7 Å². The lowest BCUT2D eigenvalue weighted by Crippen LogP contribution is -2.23. The normalized spacial score (nSPS) is 12.0. The fourth-order valence-corrected chi connectivity index (χ4v) is 4.85. The van der Waals surface area contributed by atoms with Crippen molar-refractivity contribution < 1.29 is 9.59 Å². The van der Waals surface area contributed by atoms with Crippen molar-refractivity contribution in [2.75, 3.05) is 11.6 Å². The smallest absolute Gasteiger partial charge is 0.246 e. The average Bonchev–Trinajstić information content (AvgIpc) is 3.39. The van der Waals surface area contributed by atoms with E-state index in [1.165, 1.54) is 18.3 Å². The number of nitrogens with one attached hydrogen (secondary N) is 2. The van der Waals surface area contributed by atoms with Gasteiger partial charge in [0.05, 0.1) is 28.5 Å². The highest BCUT2D eigenvalue weighted by Gasteiger charge is 2.15. The molecule has 2 N–H and O–H groups in total. The van der Waals surface area contributed by atoms with Gasteiger partial charge in [-0.3, -0.25) is 9.59 Å². The molecule has 0 spiro atoms. The summed E-state index contributed by atoms with van der Waals surface area (Å²) in [4.78, 5) is 33.3. The van der Waals surface area contributed by atoms with Gasteiger partial charge in [0, 0.05) is 17.9 Å². The SMILES string of the molecule is CSCc1nc2ccccc2n1CC(=O)Nc1nc(-c2ccc(C(C)NC(C)=O)cc2)cs1. The molecule has 7 nitrogen and oxygen atoms in total. The molecule has 0 fully saturated rings. The van der Waals surface area contributed by atoms with E-state index in [0.29, 0.717) is 5.13 Å². The van der Waals surface area contributed by atoms with Crippen LogP contribution < -0.4 is 10.6 Å². The lowest BCUT2D eigenvalue weighted by atomic mass is 10.1. The molecule has 2 aromatic carbocycles. The number of benzene rings is 2. The van der Waals surface area contributed by atoms with E-state index in [0.717, 1.165) is 39.4 Å². The molecular formula is C24H25N5O2S2. The average molecular weight is 480 g/mol. The second-order valence-corrected chi connectivity index (χ2v) is 9.39. The monoisotopic (exact) mass is 479 g/mol. The van der Waals surface area contributed by atoms with E-state index < -0.39 is 0 Å². The Kier molecular flexibility index (Phi) is 7.10. The van der Waals surface area contributed by atoms with Crippen LogP contribution in [0.3, 0.4) is 0 Å². The standard InChI is InChI=1S/C24H25N5O2S2/c1-15(25-16(2)30)17-8-10-18(11-9-17)20-13-33-24(27-20)28-23(31)12-29-21-7-5-4-6-19(21)26-22(29)14-32-3/h4-11,13,15H,12,14H2,1-3H3,(H,25,30)(H,27,28,31). The zero-order chi connectivity index (χ0) is 23.4. The highest BCUT2D eigenvalue weighted by Crippen LogP contribution is 2.26. The van der Waals surface area contributed by atoms with Crippen molar-refractivity contribution in [1.29, 1.82) is 0 Å². The predicted octanol–water partition coefficient (Wildman–Crippen LogP) is 4.86. The van der Waals surface area contributed by atoms with E-state index in [-0.39, 0.29) is 24.4 Å². The van der Waals surface area contributed by atoms with Gasteiger partial charge in [-0.1, -0.05) is 36.4 Å². The Morgan fingerprint density at radius 2 is 1.88 bits per heavy atom. The first kappa shape index (κ1) is 23.0. The van der Waals surface area contributed by atoms with Crippen molar-refractivity contribution in [3.8, 4) is 11.3 Å². The summed E-state index contributed by atoms with van der Waals surface area (Å²) in [7, 11) is 0. The molecule has 2 amide bonds. The number of hydrogen-bond donors (Lipinski definition) is 2. The van der Waals surface area contributed by atoms with Crippen LogP contribution in [0.25, 0.3) is 22.3 Å². The molecule has 4 aromatic rings. The lowest BCUT2D eigenvalue weighted by Gasteiger charge is -2.13. The van der Waals surface area contributed by atoms with Crippen LogP contribution in [0, 0.1) is 0 Å². The topological polar surface area (TPSA) is 88.9 Å². The molecule has 0 aliphatic rings. The van der Waals surface area contributed by atoms with Crippen LogP contribution in [0.15, 0.2) is 53.9 Å². The van der Waals surface area contributed by atoms with Gasteiger partial charge in [0.15, 0.2) is 5.13 Å². The Hall–Kier alpha value is -3.17. The first-order valence-electron chi connectivity index (χ1n) is 10.5. The van der Waals surface area contributed by atoms with E-state index in [2.05, 4.69) is 20.6 Å². The van der Waals surface area contributed by atoms with Crippen LogP contribution in [-0.4, -0.2) is 32.6 Å². The number of thioether (sulfide) groups is 1. The van der Waals surface area contributed by atoms with Gasteiger partial charge in [0.25, 0.3) is 0 Å². The quantitative estimate of drug-likeness (QED) is 0.377. The van der Waals surface area contributed by atoms with Gasteiger partial charge in [-0.25, -0.2) is 9.97 Å². The van der Waals surface area contributed by atoms with Crippen molar-refractivity contribution >= 4 is 51.1 Å². The minimum Gasteiger partial charge on any atom is -0.350 e. The maximum atomic E-state index is 12.8. The molecule has 0 saturated carbocycles. The number of amides is 2. The number of carbonyl (C=O) groups is 2. The second kappa shape index (κ2) is 10.2. The van der Waals surface area contributed by atoms with Crippen molar-refractivity contribution in [1.82, 2.24) is 19.9 Å². The number of anilines is 1. The Morgan fingerprint density at radius 3 is 2.61 bits per heavy atom. The number of fused-ring (bicyclic) bond motifs is 1. The fourth-order valence-electron chi connectivity index (χ4n) is 3.64. The second-order valence-electron chi connectivity index (χ2n) is 7.67. The summed E-state index contributed by atoms with van der Waals surface area (Å²) in [6.07, 6.45) is 2.02. The predicted molar refractivity (Wildman–Crippen MR) is 135 cm³/mol. The van der Waals surface area contributed by atoms with Gasteiger partial charge < -0.3 is 15.2 Å². The third-order valence-corrected chi connectivity index (χ3v) is 6.49. The Morgan fingerprint density at radius 1 is 1.12 bits per heavy atom. The van der Waals surface area contributed by atoms with E-state index in [4.69, 9.17) is 0 Å². The maximum absolute atomic E-state index is 12.8. The Balaban J connectivity index is 1.45. The summed E-state index contributed by atoms with van der Waals surface area (Å²) >= 11 is 3.07. The fraction of sp³-hybridized carbons (Fsp3) is 0.250. The maximum Gasteiger partial charge on any atom is 0.246 e. The summed E-state index contributed by atoms with van der Waals surface area (Å²) in [5.74, 6) is 1.42. The highest BCUT2D eigenvalue weighted by molar-refractivity contribution is 7.97. The summed E-state index contributed by atoms with van der Waals surface area (Å²) < 4.78 is 1.96. The number of nitrogens with zero attached hydrogens (tertiary/aromatic N) is 3. The molecular weight excluding hydrogens is 454 g/mol. The van der Waals surface area contributed by atoms with E-state index >= 15 is 0 Å². The third-order valence-electron chi connectivity index (χ3n) is 5.19. The molecule has 33 heavy (non-hydrogen) atoms. The van der Waals surface area contributed by atoms with Gasteiger partial charge in [-0.15, -0.1) is 11.3 Å². The van der Waals surface area contributed by atoms with E-state index in [1.54, 1.807) is 11.8 Å². The number of rotatable bonds is 8. The number of aromatic nitrogens is 3. The van der Waals surface area contributed by atoms with Crippen molar-refractivity contribution in [2.45, 2.75) is 32.2 Å². The molecule has 0 aliphatic carbocycles. The first-order chi connectivity index (χ1) is 15.9. The summed E-state index contributed by atoms with van der Waals surface area (Å²) in [6, 6.07) is 15.7. The minimum absolute atomic E-state index is 0.0583. The summed E-state index contributed by atoms with van der Waals surface area (Å²) in [5, 5.41) is 8.28. The molecule has 0 saturated heterocycles. The Bertz CT molecular complexity index is 1280. The van der Waals surface area contributed by atoms with Crippen LogP contribution in [-0.2, 0) is 21.9 Å². The zero-order valence-corrected chi connectivity index (χ0v) is 20.3. The van der Waals surface area contributed by atoms with Crippen molar-refractivity contribution in [3.05, 3.63) is 65.3 Å². The van der Waals surface area contributed by atoms with Crippen LogP contribution >= 0.6 is 23.1 Å². The van der Waals surface area contributed by atoms with Crippen LogP contribution in [0.1, 0.15) is 31.3 Å². The number of thiazole rings is 1. The largest absolute Gasteiger partial charge is 0.350 e. The molecule has 2 heterocycles. The number of para-hydroxylation sites is 2. The van der Waals surface area contributed by atoms with Crippen LogP contribution in [0.5, 0.6) is 0 Å². The Labute approximate surface area is 200 Å². The van der Waals surface area contributed by atoms with E-state index in [9.17, 15) is 9.59 Å². The zero-order valence-electron chi connectivity index (χ0n) is 18.7. The molecule has 4 rings (SSSR count). The van der Waals surface area contributed by atoms with Gasteiger partial charge in [0.2, 0.25) is 11.8 Å². The van der Waals surface area contributed by atoms with Gasteiger partial charge in [-0.05, 0) is 30.9 Å². The molecule has 0 radical (unpaired) electrons. The molecule has 1 unspecified atom stereocenters. The molecule has 9 heteroatoms. The van der Waals surface area contributed by atoms with Crippen molar-refractivity contribution in [3.63, 3.8) is 0 Å². The third kappa shape index (κ3) is 5.43. The minimum atomic E-state index is -0.138. The molecule has 2 aromatic heterocycles. The van der Waals surface area contributed by atoms with Gasteiger partial charge in [0.1, 0.15) is 12.4 Å². The summed E-state index contributed by atoms with van der Waals surface area (Å²) in [5.41, 5.74) is 4.61. The van der Waals surface area contributed by atoms with Gasteiger partial charge >= 0.3 is 0 Å². The first-order valence-corrected chi connectivity index (χ1v) is 12.8. The van der Waals surface area contributed by atoms with Crippen molar-refractivity contribution in [2.24, 2.45) is 0 Å². The molecule has 170 valence electrons. The molecule has 0 aliphatic heterocycles. The van der Waals surface area contributed by atoms with Gasteiger partial charge in [-0.2, -0.15) is 11.8 Å². The number of carbonyl (C=O) groups excluding carboxylic acids is 2. The molecule has 0 bridgehead atoms. The highest BCUT2D eigenvalue weighted by atomic mass is 32.2. The number of hydrogen-bond acceptors (Lipinski definition) is 6. The van der Waals surface area contributed by atoms with Crippen LogP contribution in [0.2, 0.25) is 0 Å². The molecule has 1 atom stereocenters. The lowest BCUT2D eigenvalue weighted by molar-refractivity contribution is -0.119.